The van der Waals surface area contributed by atoms with Gasteiger partial charge in [-0.05, 0) is 30.4 Å². The largest absolute Gasteiger partial charge is 0.296 e. The number of aromatic amines is 2. The maximum absolute atomic E-state index is 12.9. The summed E-state index contributed by atoms with van der Waals surface area (Å²) >= 11 is 4.65. The minimum absolute atomic E-state index is 0.0486. The van der Waals surface area contributed by atoms with Crippen LogP contribution >= 0.6 is 12.2 Å². The highest BCUT2D eigenvalue weighted by Gasteiger charge is 2.08. The van der Waals surface area contributed by atoms with Gasteiger partial charge in [0.15, 0.2) is 22.1 Å². The minimum Gasteiger partial charge on any atom is -0.296 e. The van der Waals surface area contributed by atoms with E-state index in [0.29, 0.717) is 0 Å². The molecule has 82 valence electrons. The van der Waals surface area contributed by atoms with Crippen LogP contribution in [0.5, 0.6) is 0 Å². The van der Waals surface area contributed by atoms with E-state index in [2.05, 4.69) is 27.4 Å². The molecule has 0 aliphatic heterocycles. The van der Waals surface area contributed by atoms with Gasteiger partial charge in [-0.15, -0.1) is 0 Å². The number of nitrogens with zero attached hydrogens (tertiary/aromatic N) is 1. The lowest BCUT2D eigenvalue weighted by molar-refractivity contribution is 0.509. The van der Waals surface area contributed by atoms with E-state index in [9.17, 15) is 13.6 Å². The third-order valence-electron chi connectivity index (χ3n) is 1.90. The third kappa shape index (κ3) is 1.89. The summed E-state index contributed by atoms with van der Waals surface area (Å²) < 4.78 is 25.7. The van der Waals surface area contributed by atoms with Crippen molar-refractivity contribution in [1.29, 1.82) is 0 Å². The van der Waals surface area contributed by atoms with E-state index < -0.39 is 17.2 Å². The molecule has 0 bridgehead atoms. The second-order valence-electron chi connectivity index (χ2n) is 2.98. The molecule has 0 radical (unpaired) electrons. The van der Waals surface area contributed by atoms with Gasteiger partial charge in [-0.25, -0.2) is 8.78 Å². The maximum atomic E-state index is 12.9. The van der Waals surface area contributed by atoms with Gasteiger partial charge in [0, 0.05) is 5.56 Å². The number of nitrogens with one attached hydrogen (secondary N) is 2. The Morgan fingerprint density at radius 2 is 2.00 bits per heavy atom. The van der Waals surface area contributed by atoms with Crippen molar-refractivity contribution >= 4 is 12.2 Å². The zero-order chi connectivity index (χ0) is 11.7. The van der Waals surface area contributed by atoms with Crippen LogP contribution in [0.1, 0.15) is 0 Å². The molecule has 4 nitrogen and oxygen atoms in total. The SMILES string of the molecule is O=c1[nH]c(=S)[nH]nc1-c1ccc(F)c(F)c1. The van der Waals surface area contributed by atoms with Crippen LogP contribution in [0.25, 0.3) is 11.3 Å². The molecule has 1 aromatic heterocycles. The second-order valence-corrected chi connectivity index (χ2v) is 3.39. The molecule has 0 unspecified atom stereocenters. The topological polar surface area (TPSA) is 61.5 Å². The van der Waals surface area contributed by atoms with Crippen LogP contribution < -0.4 is 5.56 Å². The molecule has 0 aliphatic carbocycles. The molecule has 2 aromatic rings. The first-order valence-electron chi connectivity index (χ1n) is 4.22. The van der Waals surface area contributed by atoms with E-state index in [-0.39, 0.29) is 16.0 Å². The summed E-state index contributed by atoms with van der Waals surface area (Å²) in [6, 6.07) is 3.07. The van der Waals surface area contributed by atoms with Crippen molar-refractivity contribution in [3.05, 3.63) is 45.0 Å². The number of benzene rings is 1. The molecule has 0 amide bonds. The lowest BCUT2D eigenvalue weighted by Crippen LogP contribution is -2.13. The molecule has 2 N–H and O–H groups in total. The molecule has 7 heteroatoms. The predicted octanol–water partition coefficient (Wildman–Crippen LogP) is 1.77. The number of hydrogen-bond donors (Lipinski definition) is 2. The molecule has 0 aliphatic rings. The quantitative estimate of drug-likeness (QED) is 0.748. The molecule has 0 saturated carbocycles. The molecule has 0 saturated heterocycles. The summed E-state index contributed by atoms with van der Waals surface area (Å²) in [5.74, 6) is -2.02. The minimum atomic E-state index is -1.04. The molecule has 0 spiro atoms. The summed E-state index contributed by atoms with van der Waals surface area (Å²) in [4.78, 5) is 13.7. The van der Waals surface area contributed by atoms with Gasteiger partial charge in [0.1, 0.15) is 0 Å². The summed E-state index contributed by atoms with van der Waals surface area (Å²) in [5, 5.41) is 6.02. The molecule has 0 fully saturated rings. The van der Waals surface area contributed by atoms with Crippen molar-refractivity contribution < 1.29 is 8.78 Å². The molecule has 16 heavy (non-hydrogen) atoms. The fraction of sp³-hybridized carbons (Fsp3) is 0. The van der Waals surface area contributed by atoms with Gasteiger partial charge >= 0.3 is 0 Å². The standard InChI is InChI=1S/C9H5F2N3OS/c10-5-2-1-4(3-6(5)11)7-8(15)12-9(16)14-13-7/h1-3H,(H2,12,14,15,16). The van der Waals surface area contributed by atoms with Gasteiger partial charge in [0.25, 0.3) is 5.56 Å². The van der Waals surface area contributed by atoms with Crippen LogP contribution in [0.2, 0.25) is 0 Å². The number of aromatic nitrogens is 3. The van der Waals surface area contributed by atoms with Gasteiger partial charge < -0.3 is 0 Å². The summed E-state index contributed by atoms with van der Waals surface area (Å²) in [5.41, 5.74) is -0.436. The van der Waals surface area contributed by atoms with Crippen molar-refractivity contribution in [2.24, 2.45) is 0 Å². The van der Waals surface area contributed by atoms with Crippen molar-refractivity contribution in [1.82, 2.24) is 15.2 Å². The highest BCUT2D eigenvalue weighted by Crippen LogP contribution is 2.15. The smallest absolute Gasteiger partial charge is 0.278 e. The fourth-order valence-corrected chi connectivity index (χ4v) is 1.33. The summed E-state index contributed by atoms with van der Waals surface area (Å²) in [6.45, 7) is 0. The molecule has 0 atom stereocenters. The Morgan fingerprint density at radius 3 is 2.62 bits per heavy atom. The van der Waals surface area contributed by atoms with E-state index in [1.54, 1.807) is 0 Å². The number of rotatable bonds is 1. The summed E-state index contributed by atoms with van der Waals surface area (Å²) in [7, 11) is 0. The van der Waals surface area contributed by atoms with Crippen LogP contribution in [0, 0.1) is 16.4 Å². The number of hydrogen-bond acceptors (Lipinski definition) is 3. The van der Waals surface area contributed by atoms with E-state index in [0.717, 1.165) is 12.1 Å². The Labute approximate surface area is 93.0 Å². The van der Waals surface area contributed by atoms with Crippen molar-refractivity contribution in [2.45, 2.75) is 0 Å². The van der Waals surface area contributed by atoms with Crippen molar-refractivity contribution in [3.8, 4) is 11.3 Å². The Hall–Kier alpha value is -1.89. The zero-order valence-corrected chi connectivity index (χ0v) is 8.57. The van der Waals surface area contributed by atoms with Crippen LogP contribution in [0.4, 0.5) is 8.78 Å². The number of H-pyrrole nitrogens is 2. The molecule has 1 heterocycles. The van der Waals surface area contributed by atoms with Crippen LogP contribution in [-0.2, 0) is 0 Å². The second kappa shape index (κ2) is 3.93. The average molecular weight is 241 g/mol. The van der Waals surface area contributed by atoms with E-state index in [1.807, 2.05) is 0 Å². The van der Waals surface area contributed by atoms with E-state index in [4.69, 9.17) is 0 Å². The Kier molecular flexibility index (Phi) is 2.61. The maximum Gasteiger partial charge on any atom is 0.278 e. The molecular formula is C9H5F2N3OS. The lowest BCUT2D eigenvalue weighted by Gasteiger charge is -1.99. The molecule has 2 rings (SSSR count). The Morgan fingerprint density at radius 1 is 1.25 bits per heavy atom. The first kappa shape index (κ1) is 10.6. The van der Waals surface area contributed by atoms with E-state index in [1.165, 1.54) is 6.07 Å². The van der Waals surface area contributed by atoms with E-state index >= 15 is 0 Å². The Balaban J connectivity index is 2.63. The predicted molar refractivity (Wildman–Crippen MR) is 55.4 cm³/mol. The van der Waals surface area contributed by atoms with Gasteiger partial charge in [0.05, 0.1) is 0 Å². The lowest BCUT2D eigenvalue weighted by atomic mass is 10.1. The molecule has 1 aromatic carbocycles. The van der Waals surface area contributed by atoms with Crippen molar-refractivity contribution in [2.75, 3.05) is 0 Å². The normalized spacial score (nSPS) is 10.4. The highest BCUT2D eigenvalue weighted by molar-refractivity contribution is 7.71. The number of halogens is 2. The Bertz CT molecular complexity index is 650. The van der Waals surface area contributed by atoms with Gasteiger partial charge in [-0.3, -0.25) is 14.9 Å². The van der Waals surface area contributed by atoms with Gasteiger partial charge in [-0.1, -0.05) is 0 Å². The van der Waals surface area contributed by atoms with Crippen LogP contribution in [0.15, 0.2) is 23.0 Å². The van der Waals surface area contributed by atoms with Crippen LogP contribution in [-0.4, -0.2) is 15.2 Å². The van der Waals surface area contributed by atoms with Gasteiger partial charge in [-0.2, -0.15) is 5.10 Å². The third-order valence-corrected chi connectivity index (χ3v) is 2.10. The fourth-order valence-electron chi connectivity index (χ4n) is 1.19. The molecular weight excluding hydrogens is 236 g/mol. The van der Waals surface area contributed by atoms with Crippen LogP contribution in [0.3, 0.4) is 0 Å². The zero-order valence-electron chi connectivity index (χ0n) is 7.75. The van der Waals surface area contributed by atoms with Gasteiger partial charge in [0.2, 0.25) is 0 Å². The first-order chi connectivity index (χ1) is 7.58. The highest BCUT2D eigenvalue weighted by atomic mass is 32.1. The average Bonchev–Trinajstić information content (AvgIpc) is 2.22. The summed E-state index contributed by atoms with van der Waals surface area (Å²) in [6.07, 6.45) is 0. The van der Waals surface area contributed by atoms with Crippen molar-refractivity contribution in [3.63, 3.8) is 0 Å². The monoisotopic (exact) mass is 241 g/mol. The first-order valence-corrected chi connectivity index (χ1v) is 4.63.